The molecule has 0 radical (unpaired) electrons. The van der Waals surface area contributed by atoms with Gasteiger partial charge in [0, 0.05) is 30.9 Å². The minimum atomic E-state index is -0.0939. The monoisotopic (exact) mass is 342 g/mol. The lowest BCUT2D eigenvalue weighted by atomic mass is 9.47. The Morgan fingerprint density at radius 2 is 1.76 bits per heavy atom. The number of rotatable bonds is 4. The Labute approximate surface area is 150 Å². The highest BCUT2D eigenvalue weighted by Crippen LogP contribution is 2.61. The average Bonchev–Trinajstić information content (AvgIpc) is 2.54. The summed E-state index contributed by atoms with van der Waals surface area (Å²) >= 11 is 0. The van der Waals surface area contributed by atoms with E-state index in [0.29, 0.717) is 11.1 Å². The maximum atomic E-state index is 13.0. The van der Waals surface area contributed by atoms with Crippen molar-refractivity contribution >= 4 is 5.91 Å². The Kier molecular flexibility index (Phi) is 4.04. The van der Waals surface area contributed by atoms with Crippen molar-refractivity contribution in [2.24, 2.45) is 30.2 Å². The first kappa shape index (κ1) is 16.9. The van der Waals surface area contributed by atoms with Crippen LogP contribution in [0.15, 0.2) is 16.9 Å². The molecule has 4 bridgehead atoms. The highest BCUT2D eigenvalue weighted by Gasteiger charge is 2.54. The third-order valence-electron chi connectivity index (χ3n) is 7.29. The third kappa shape index (κ3) is 2.84. The lowest BCUT2D eigenvalue weighted by molar-refractivity contribution is -0.0727. The molecule has 0 saturated heterocycles. The summed E-state index contributed by atoms with van der Waals surface area (Å²) in [5.74, 6) is 2.53. The molecule has 1 aromatic rings. The zero-order valence-electron chi connectivity index (χ0n) is 15.7. The first-order valence-electron chi connectivity index (χ1n) is 9.88. The number of pyridine rings is 1. The van der Waals surface area contributed by atoms with Crippen molar-refractivity contribution < 1.29 is 4.79 Å². The molecule has 1 atom stereocenters. The minimum absolute atomic E-state index is 0.0918. The number of amides is 1. The number of carbonyl (C=O) groups is 1. The molecule has 0 unspecified atom stereocenters. The standard InChI is InChI=1S/C21H30N2O2/c1-4-19(21-10-14-6-15(11-21)8-16(7-14)12-21)22-20(25)18-9-17(24)5-13(2)23(18)3/h5,9,14-16,19H,4,6-8,10-12H2,1-3H3,(H,22,25)/t14?,15?,16?,19-,21?/m0/s1. The quantitative estimate of drug-likeness (QED) is 0.911. The topological polar surface area (TPSA) is 51.1 Å². The van der Waals surface area contributed by atoms with Crippen molar-refractivity contribution in [2.45, 2.75) is 64.8 Å². The van der Waals surface area contributed by atoms with Gasteiger partial charge >= 0.3 is 0 Å². The predicted octanol–water partition coefficient (Wildman–Crippen LogP) is 3.42. The van der Waals surface area contributed by atoms with Gasteiger partial charge in [-0.05, 0) is 75.0 Å². The Hall–Kier alpha value is -1.58. The molecule has 4 nitrogen and oxygen atoms in total. The summed E-state index contributed by atoms with van der Waals surface area (Å²) in [4.78, 5) is 24.8. The summed E-state index contributed by atoms with van der Waals surface area (Å²) in [6.07, 6.45) is 9.05. The Morgan fingerprint density at radius 1 is 1.20 bits per heavy atom. The Morgan fingerprint density at radius 3 is 2.28 bits per heavy atom. The van der Waals surface area contributed by atoms with E-state index >= 15 is 0 Å². The molecule has 0 aromatic carbocycles. The van der Waals surface area contributed by atoms with E-state index in [1.54, 1.807) is 6.07 Å². The summed E-state index contributed by atoms with van der Waals surface area (Å²) in [6, 6.07) is 3.27. The molecule has 1 aromatic heterocycles. The van der Waals surface area contributed by atoms with Crippen LogP contribution >= 0.6 is 0 Å². The Bertz CT molecular complexity index is 713. The van der Waals surface area contributed by atoms with Gasteiger partial charge in [0.25, 0.3) is 5.91 Å². The van der Waals surface area contributed by atoms with Crippen molar-refractivity contribution in [2.75, 3.05) is 0 Å². The average molecular weight is 342 g/mol. The molecule has 4 heteroatoms. The minimum Gasteiger partial charge on any atom is -0.347 e. The zero-order chi connectivity index (χ0) is 17.8. The van der Waals surface area contributed by atoms with Crippen LogP contribution in [0.25, 0.3) is 0 Å². The van der Waals surface area contributed by atoms with Crippen LogP contribution in [0.1, 0.15) is 68.1 Å². The molecule has 5 rings (SSSR count). The second-order valence-electron chi connectivity index (χ2n) is 8.99. The van der Waals surface area contributed by atoms with E-state index in [-0.39, 0.29) is 17.4 Å². The second-order valence-corrected chi connectivity index (χ2v) is 8.99. The fraction of sp³-hybridized carbons (Fsp3) is 0.714. The number of carbonyl (C=O) groups excluding carboxylic acids is 1. The lowest BCUT2D eigenvalue weighted by Crippen LogP contribution is -2.56. The zero-order valence-corrected chi connectivity index (χ0v) is 15.7. The molecular formula is C21H30N2O2. The number of hydrogen-bond donors (Lipinski definition) is 1. The van der Waals surface area contributed by atoms with Crippen LogP contribution in [0.4, 0.5) is 0 Å². The van der Waals surface area contributed by atoms with Crippen molar-refractivity contribution in [3.8, 4) is 0 Å². The molecule has 4 aliphatic rings. The van der Waals surface area contributed by atoms with Gasteiger partial charge in [-0.1, -0.05) is 6.92 Å². The van der Waals surface area contributed by atoms with E-state index < -0.39 is 0 Å². The van der Waals surface area contributed by atoms with Crippen LogP contribution in [0.3, 0.4) is 0 Å². The van der Waals surface area contributed by atoms with E-state index in [1.165, 1.54) is 44.6 Å². The largest absolute Gasteiger partial charge is 0.347 e. The summed E-state index contributed by atoms with van der Waals surface area (Å²) in [6.45, 7) is 4.06. The molecular weight excluding hydrogens is 312 g/mol. The molecule has 1 amide bonds. The number of nitrogens with zero attached hydrogens (tertiary/aromatic N) is 1. The fourth-order valence-electron chi connectivity index (χ4n) is 6.51. The van der Waals surface area contributed by atoms with Crippen molar-refractivity contribution in [3.05, 3.63) is 33.7 Å². The molecule has 0 spiro atoms. The van der Waals surface area contributed by atoms with E-state index in [0.717, 1.165) is 29.9 Å². The SMILES string of the molecule is CC[C@H](NC(=O)c1cc(=O)cc(C)n1C)C12CC3CC(CC(C3)C1)C2. The maximum Gasteiger partial charge on any atom is 0.268 e. The molecule has 0 aliphatic heterocycles. The van der Waals surface area contributed by atoms with Crippen LogP contribution in [-0.4, -0.2) is 16.5 Å². The van der Waals surface area contributed by atoms with Crippen LogP contribution < -0.4 is 10.7 Å². The summed E-state index contributed by atoms with van der Waals surface area (Å²) in [5.41, 5.74) is 1.50. The van der Waals surface area contributed by atoms with Crippen molar-refractivity contribution in [1.82, 2.24) is 9.88 Å². The fourth-order valence-corrected chi connectivity index (χ4v) is 6.51. The predicted molar refractivity (Wildman–Crippen MR) is 98.6 cm³/mol. The van der Waals surface area contributed by atoms with Gasteiger partial charge in [-0.15, -0.1) is 0 Å². The second kappa shape index (κ2) is 6.00. The molecule has 1 heterocycles. The van der Waals surface area contributed by atoms with Crippen LogP contribution in [0.5, 0.6) is 0 Å². The highest BCUT2D eigenvalue weighted by atomic mass is 16.2. The molecule has 1 N–H and O–H groups in total. The van der Waals surface area contributed by atoms with Crippen LogP contribution in [0.2, 0.25) is 0 Å². The summed E-state index contributed by atoms with van der Waals surface area (Å²) < 4.78 is 1.82. The lowest BCUT2D eigenvalue weighted by Gasteiger charge is -2.59. The van der Waals surface area contributed by atoms with Crippen molar-refractivity contribution in [3.63, 3.8) is 0 Å². The van der Waals surface area contributed by atoms with Gasteiger partial charge in [-0.3, -0.25) is 9.59 Å². The number of aryl methyl sites for hydroxylation is 1. The van der Waals surface area contributed by atoms with Gasteiger partial charge < -0.3 is 9.88 Å². The highest BCUT2D eigenvalue weighted by molar-refractivity contribution is 5.92. The molecule has 136 valence electrons. The van der Waals surface area contributed by atoms with Gasteiger partial charge in [0.15, 0.2) is 5.43 Å². The van der Waals surface area contributed by atoms with E-state index in [2.05, 4.69) is 12.2 Å². The van der Waals surface area contributed by atoms with Crippen LogP contribution in [-0.2, 0) is 7.05 Å². The molecule has 4 saturated carbocycles. The van der Waals surface area contributed by atoms with Crippen molar-refractivity contribution in [1.29, 1.82) is 0 Å². The smallest absolute Gasteiger partial charge is 0.268 e. The van der Waals surface area contributed by atoms with Gasteiger partial charge in [-0.2, -0.15) is 0 Å². The van der Waals surface area contributed by atoms with Crippen LogP contribution in [0, 0.1) is 30.1 Å². The number of hydrogen-bond acceptors (Lipinski definition) is 2. The van der Waals surface area contributed by atoms with E-state index in [4.69, 9.17) is 0 Å². The van der Waals surface area contributed by atoms with Gasteiger partial charge in [0.05, 0.1) is 0 Å². The summed E-state index contributed by atoms with van der Waals surface area (Å²) in [7, 11) is 1.86. The van der Waals surface area contributed by atoms with Gasteiger partial charge in [-0.25, -0.2) is 0 Å². The van der Waals surface area contributed by atoms with Gasteiger partial charge in [0.2, 0.25) is 0 Å². The Balaban J connectivity index is 1.59. The normalized spacial score (nSPS) is 34.1. The van der Waals surface area contributed by atoms with Gasteiger partial charge in [0.1, 0.15) is 5.69 Å². The molecule has 4 aliphatic carbocycles. The number of nitrogens with one attached hydrogen (secondary N) is 1. The summed E-state index contributed by atoms with van der Waals surface area (Å²) in [5, 5.41) is 3.34. The van der Waals surface area contributed by atoms with E-state index in [9.17, 15) is 9.59 Å². The first-order valence-corrected chi connectivity index (χ1v) is 9.88. The van der Waals surface area contributed by atoms with E-state index in [1.807, 2.05) is 18.5 Å². The first-order chi connectivity index (χ1) is 11.9. The number of aromatic nitrogens is 1. The molecule has 25 heavy (non-hydrogen) atoms. The third-order valence-corrected chi connectivity index (χ3v) is 7.29. The maximum absolute atomic E-state index is 13.0. The molecule has 4 fully saturated rings.